The highest BCUT2D eigenvalue weighted by Gasteiger charge is 2.18. The molecule has 0 bridgehead atoms. The molecule has 0 amide bonds. The van der Waals surface area contributed by atoms with E-state index in [1.165, 1.54) is 11.3 Å². The van der Waals surface area contributed by atoms with Crippen LogP contribution in [0.4, 0.5) is 0 Å². The van der Waals surface area contributed by atoms with E-state index in [0.29, 0.717) is 17.1 Å². The van der Waals surface area contributed by atoms with Crippen molar-refractivity contribution in [3.63, 3.8) is 0 Å². The Kier molecular flexibility index (Phi) is 4.07. The van der Waals surface area contributed by atoms with Crippen LogP contribution in [0.5, 0.6) is 5.75 Å². The number of aromatic nitrogens is 2. The van der Waals surface area contributed by atoms with E-state index in [1.54, 1.807) is 13.3 Å². The highest BCUT2D eigenvalue weighted by molar-refractivity contribution is 7.11. The Morgan fingerprint density at radius 1 is 1.16 bits per heavy atom. The number of hydrogen-bond acceptors (Lipinski definition) is 4. The van der Waals surface area contributed by atoms with Crippen LogP contribution in [0.2, 0.25) is 0 Å². The van der Waals surface area contributed by atoms with Gasteiger partial charge in [-0.2, -0.15) is 0 Å². The van der Waals surface area contributed by atoms with Crippen molar-refractivity contribution in [1.29, 1.82) is 0 Å². The summed E-state index contributed by atoms with van der Waals surface area (Å²) < 4.78 is 7.32. The summed E-state index contributed by atoms with van der Waals surface area (Å²) in [4.78, 5) is 16.9. The fourth-order valence-corrected chi connectivity index (χ4v) is 3.53. The number of fused-ring (bicyclic) bond motifs is 1. The van der Waals surface area contributed by atoms with Gasteiger partial charge in [0.05, 0.1) is 12.7 Å². The second-order valence-corrected chi connectivity index (χ2v) is 6.60. The van der Waals surface area contributed by atoms with Gasteiger partial charge in [-0.05, 0) is 23.8 Å². The van der Waals surface area contributed by atoms with Crippen LogP contribution in [-0.2, 0) is 6.54 Å². The number of ether oxygens (including phenoxy) is 1. The molecule has 4 aromatic rings. The monoisotopic (exact) mass is 348 g/mol. The van der Waals surface area contributed by atoms with Crippen LogP contribution in [0, 0.1) is 0 Å². The predicted octanol–water partition coefficient (Wildman–Crippen LogP) is 4.39. The molecule has 0 unspecified atom stereocenters. The van der Waals surface area contributed by atoms with Gasteiger partial charge in [-0.15, -0.1) is 11.3 Å². The van der Waals surface area contributed by atoms with E-state index in [9.17, 15) is 4.79 Å². The lowest BCUT2D eigenvalue weighted by Crippen LogP contribution is -2.01. The first-order chi connectivity index (χ1) is 12.3. The van der Waals surface area contributed by atoms with E-state index < -0.39 is 0 Å². The summed E-state index contributed by atoms with van der Waals surface area (Å²) in [5, 5.41) is 3.30. The van der Waals surface area contributed by atoms with Crippen LogP contribution >= 0.6 is 11.3 Å². The molecule has 25 heavy (non-hydrogen) atoms. The van der Waals surface area contributed by atoms with Crippen LogP contribution in [0.15, 0.2) is 66.3 Å². The lowest BCUT2D eigenvalue weighted by atomic mass is 10.1. The van der Waals surface area contributed by atoms with E-state index in [-0.39, 0.29) is 5.78 Å². The molecule has 0 atom stereocenters. The third-order valence-corrected chi connectivity index (χ3v) is 4.94. The second kappa shape index (κ2) is 6.53. The normalized spacial score (nSPS) is 10.9. The Morgan fingerprint density at radius 2 is 1.96 bits per heavy atom. The molecule has 0 aliphatic heterocycles. The maximum atomic E-state index is 12.8. The zero-order valence-corrected chi connectivity index (χ0v) is 14.5. The Bertz CT molecular complexity index is 1020. The summed E-state index contributed by atoms with van der Waals surface area (Å²) in [6.45, 7) is 0.690. The molecular weight excluding hydrogens is 332 g/mol. The van der Waals surface area contributed by atoms with Gasteiger partial charge in [0.1, 0.15) is 5.75 Å². The molecule has 2 aromatic carbocycles. The van der Waals surface area contributed by atoms with E-state index in [1.807, 2.05) is 60.1 Å². The number of rotatable bonds is 5. The van der Waals surface area contributed by atoms with Gasteiger partial charge in [0.15, 0.2) is 5.01 Å². The number of hydrogen-bond donors (Lipinski definition) is 0. The highest BCUT2D eigenvalue weighted by atomic mass is 32.1. The summed E-state index contributed by atoms with van der Waals surface area (Å²) in [6.07, 6.45) is 3.59. The van der Waals surface area contributed by atoms with Crippen molar-refractivity contribution >= 4 is 28.0 Å². The van der Waals surface area contributed by atoms with Gasteiger partial charge >= 0.3 is 0 Å². The van der Waals surface area contributed by atoms with Crippen molar-refractivity contribution in [1.82, 2.24) is 9.55 Å². The van der Waals surface area contributed by atoms with Gasteiger partial charge in [0.2, 0.25) is 5.78 Å². The number of benzene rings is 2. The second-order valence-electron chi connectivity index (χ2n) is 5.70. The lowest BCUT2D eigenvalue weighted by molar-refractivity contribution is 0.103. The zero-order chi connectivity index (χ0) is 17.2. The summed E-state index contributed by atoms with van der Waals surface area (Å²) in [5.41, 5.74) is 2.88. The molecule has 0 fully saturated rings. The van der Waals surface area contributed by atoms with Crippen molar-refractivity contribution in [3.8, 4) is 5.75 Å². The SMILES string of the molecule is COc1ccc(Cn2cc(C(=O)c3nccs3)c3ccccc32)cc1. The van der Waals surface area contributed by atoms with Crippen LogP contribution in [0.1, 0.15) is 20.9 Å². The minimum absolute atomic E-state index is 0.0281. The smallest absolute Gasteiger partial charge is 0.223 e. The highest BCUT2D eigenvalue weighted by Crippen LogP contribution is 2.25. The molecule has 0 spiro atoms. The first kappa shape index (κ1) is 15.6. The van der Waals surface area contributed by atoms with Gasteiger partial charge in [0.25, 0.3) is 0 Å². The third kappa shape index (κ3) is 2.94. The zero-order valence-electron chi connectivity index (χ0n) is 13.7. The molecule has 0 aliphatic carbocycles. The Hall–Kier alpha value is -2.92. The maximum Gasteiger partial charge on any atom is 0.223 e. The van der Waals surface area contributed by atoms with Crippen molar-refractivity contribution in [2.75, 3.05) is 7.11 Å². The predicted molar refractivity (Wildman–Crippen MR) is 99.6 cm³/mol. The summed E-state index contributed by atoms with van der Waals surface area (Å²) in [5.74, 6) is 0.806. The van der Waals surface area contributed by atoms with Crippen LogP contribution in [0.3, 0.4) is 0 Å². The first-order valence-corrected chi connectivity index (χ1v) is 8.79. The third-order valence-electron chi connectivity index (χ3n) is 4.17. The van der Waals surface area contributed by atoms with Crippen LogP contribution in [0.25, 0.3) is 10.9 Å². The van der Waals surface area contributed by atoms with Crippen molar-refractivity contribution < 1.29 is 9.53 Å². The molecular formula is C20H16N2O2S. The van der Waals surface area contributed by atoms with E-state index in [4.69, 9.17) is 4.74 Å². The molecule has 4 rings (SSSR count). The van der Waals surface area contributed by atoms with Crippen molar-refractivity contribution in [2.24, 2.45) is 0 Å². The number of nitrogens with zero attached hydrogens (tertiary/aromatic N) is 2. The Morgan fingerprint density at radius 3 is 2.68 bits per heavy atom. The van der Waals surface area contributed by atoms with Crippen LogP contribution < -0.4 is 4.74 Å². The topological polar surface area (TPSA) is 44.1 Å². The number of thiazole rings is 1. The maximum absolute atomic E-state index is 12.8. The molecule has 2 heterocycles. The van der Waals surface area contributed by atoms with Gasteiger partial charge in [0, 0.05) is 35.2 Å². The van der Waals surface area contributed by atoms with Gasteiger partial charge in [-0.1, -0.05) is 30.3 Å². The largest absolute Gasteiger partial charge is 0.497 e. The molecule has 0 aliphatic rings. The molecule has 0 N–H and O–H groups in total. The van der Waals surface area contributed by atoms with E-state index in [2.05, 4.69) is 9.55 Å². The van der Waals surface area contributed by atoms with Gasteiger partial charge in [-0.25, -0.2) is 4.98 Å². The van der Waals surface area contributed by atoms with Crippen molar-refractivity contribution in [3.05, 3.63) is 82.4 Å². The molecule has 4 nitrogen and oxygen atoms in total. The number of para-hydroxylation sites is 1. The average Bonchev–Trinajstić information content (AvgIpc) is 3.31. The van der Waals surface area contributed by atoms with Gasteiger partial charge < -0.3 is 9.30 Å². The van der Waals surface area contributed by atoms with Crippen molar-refractivity contribution in [2.45, 2.75) is 6.54 Å². The number of carbonyl (C=O) groups excluding carboxylic acids is 1. The average molecular weight is 348 g/mol. The molecule has 124 valence electrons. The minimum atomic E-state index is -0.0281. The number of methoxy groups -OCH3 is 1. The Labute approximate surface area is 149 Å². The first-order valence-electron chi connectivity index (χ1n) is 7.91. The fourth-order valence-electron chi connectivity index (χ4n) is 2.94. The Balaban J connectivity index is 1.75. The molecule has 0 radical (unpaired) electrons. The molecule has 2 aromatic heterocycles. The van der Waals surface area contributed by atoms with E-state index >= 15 is 0 Å². The van der Waals surface area contributed by atoms with Crippen LogP contribution in [-0.4, -0.2) is 22.4 Å². The summed E-state index contributed by atoms with van der Waals surface area (Å²) in [6, 6.07) is 15.9. The van der Waals surface area contributed by atoms with E-state index in [0.717, 1.165) is 22.2 Å². The van der Waals surface area contributed by atoms with Gasteiger partial charge in [-0.3, -0.25) is 4.79 Å². The fraction of sp³-hybridized carbons (Fsp3) is 0.100. The quantitative estimate of drug-likeness (QED) is 0.503. The molecule has 0 saturated carbocycles. The summed E-state index contributed by atoms with van der Waals surface area (Å²) in [7, 11) is 1.66. The number of carbonyl (C=O) groups is 1. The standard InChI is InChI=1S/C20H16N2O2S/c1-24-15-8-6-14(7-9-15)12-22-13-17(16-4-2-3-5-18(16)22)19(23)20-21-10-11-25-20/h2-11,13H,12H2,1H3. The molecule has 0 saturated heterocycles. The minimum Gasteiger partial charge on any atom is -0.497 e. The number of ketones is 1. The molecule has 5 heteroatoms. The summed E-state index contributed by atoms with van der Waals surface area (Å²) >= 11 is 1.37. The lowest BCUT2D eigenvalue weighted by Gasteiger charge is -2.06.